The molecule has 260 valence electrons. The third-order valence-electron chi connectivity index (χ3n) is 8.90. The molecule has 1 saturated heterocycles. The Balaban J connectivity index is 1.86. The van der Waals surface area contributed by atoms with Crippen LogP contribution in [0.5, 0.6) is 5.75 Å². The summed E-state index contributed by atoms with van der Waals surface area (Å²) in [5.41, 5.74) is 3.61. The van der Waals surface area contributed by atoms with Gasteiger partial charge in [0, 0.05) is 49.9 Å². The summed E-state index contributed by atoms with van der Waals surface area (Å²) in [7, 11) is 1.79. The molecule has 2 aromatic carbocycles. The first-order chi connectivity index (χ1) is 22.6. The number of carbonyl (C=O) groups is 2. The van der Waals surface area contributed by atoms with Gasteiger partial charge in [0.1, 0.15) is 17.3 Å². The molecule has 1 fully saturated rings. The summed E-state index contributed by atoms with van der Waals surface area (Å²) < 4.78 is 25.6. The summed E-state index contributed by atoms with van der Waals surface area (Å²) in [5, 5.41) is 10.6. The van der Waals surface area contributed by atoms with Gasteiger partial charge in [0.05, 0.1) is 17.9 Å². The first-order valence-corrected chi connectivity index (χ1v) is 17.0. The number of hydrogen-bond donors (Lipinski definition) is 1. The highest BCUT2D eigenvalue weighted by molar-refractivity contribution is 6.03. The minimum atomic E-state index is -1.29. The number of pyridine rings is 1. The number of hydrogen-bond acceptors (Lipinski definition) is 6. The zero-order chi connectivity index (χ0) is 35.2. The molecular formula is C39H52FN3O5. The fraction of sp³-hybridized carbons (Fsp3) is 0.513. The van der Waals surface area contributed by atoms with Gasteiger partial charge >= 0.3 is 5.97 Å². The lowest BCUT2D eigenvalue weighted by Gasteiger charge is -2.41. The molecule has 9 heteroatoms. The number of aryl methyl sites for hydroxylation is 1. The molecule has 1 unspecified atom stereocenters. The number of aromatic nitrogens is 1. The van der Waals surface area contributed by atoms with Crippen molar-refractivity contribution in [1.82, 2.24) is 9.88 Å². The average Bonchev–Trinajstić information content (AvgIpc) is 3.02. The van der Waals surface area contributed by atoms with Crippen LogP contribution in [0.3, 0.4) is 0 Å². The van der Waals surface area contributed by atoms with Gasteiger partial charge in [0.2, 0.25) is 0 Å². The molecule has 0 saturated carbocycles. The van der Waals surface area contributed by atoms with Gasteiger partial charge in [-0.2, -0.15) is 0 Å². The Morgan fingerprint density at radius 3 is 2.25 bits per heavy atom. The SMILES string of the molecule is CCCCN(C)C(=O)c1nc(C)c(C(OC(C)(C)C)C(=O)O)c(N2CCC(C)(C)CC2)c1-c1ccc(OCCc2ccc(F)cc2)cc1. The second kappa shape index (κ2) is 15.5. The first-order valence-electron chi connectivity index (χ1n) is 17.0. The fourth-order valence-electron chi connectivity index (χ4n) is 6.03. The van der Waals surface area contributed by atoms with Crippen LogP contribution in [-0.2, 0) is 16.0 Å². The molecule has 48 heavy (non-hydrogen) atoms. The zero-order valence-electron chi connectivity index (χ0n) is 29.9. The van der Waals surface area contributed by atoms with Gasteiger partial charge in [-0.3, -0.25) is 4.79 Å². The van der Waals surface area contributed by atoms with E-state index in [4.69, 9.17) is 14.5 Å². The molecule has 1 N–H and O–H groups in total. The van der Waals surface area contributed by atoms with E-state index in [0.29, 0.717) is 66.6 Å². The topological polar surface area (TPSA) is 92.2 Å². The Kier molecular flexibility index (Phi) is 11.9. The number of aliphatic carboxylic acids is 1. The highest BCUT2D eigenvalue weighted by Gasteiger charge is 2.38. The third-order valence-corrected chi connectivity index (χ3v) is 8.90. The van der Waals surface area contributed by atoms with Crippen LogP contribution >= 0.6 is 0 Å². The average molecular weight is 662 g/mol. The molecule has 8 nitrogen and oxygen atoms in total. The van der Waals surface area contributed by atoms with E-state index >= 15 is 0 Å². The van der Waals surface area contributed by atoms with Crippen molar-refractivity contribution in [1.29, 1.82) is 0 Å². The van der Waals surface area contributed by atoms with E-state index in [9.17, 15) is 19.1 Å². The Hall–Kier alpha value is -3.98. The van der Waals surface area contributed by atoms with E-state index in [2.05, 4.69) is 25.7 Å². The number of unbranched alkanes of at least 4 members (excludes halogenated alkanes) is 1. The molecule has 0 spiro atoms. The number of piperidine rings is 1. The van der Waals surface area contributed by atoms with Crippen molar-refractivity contribution in [2.24, 2.45) is 5.41 Å². The van der Waals surface area contributed by atoms with E-state index in [1.54, 1.807) is 31.0 Å². The third kappa shape index (κ3) is 9.34. The van der Waals surface area contributed by atoms with E-state index in [-0.39, 0.29) is 17.1 Å². The quantitative estimate of drug-likeness (QED) is 0.197. The van der Waals surface area contributed by atoms with Crippen LogP contribution in [0, 0.1) is 18.2 Å². The molecule has 0 radical (unpaired) electrons. The van der Waals surface area contributed by atoms with Crippen molar-refractivity contribution in [3.8, 4) is 16.9 Å². The Bertz CT molecular complexity index is 1550. The lowest BCUT2D eigenvalue weighted by atomic mass is 9.81. The van der Waals surface area contributed by atoms with Crippen molar-refractivity contribution in [3.63, 3.8) is 0 Å². The van der Waals surface area contributed by atoms with E-state index in [0.717, 1.165) is 36.8 Å². The fourth-order valence-corrected chi connectivity index (χ4v) is 6.03. The number of rotatable bonds is 13. The maximum Gasteiger partial charge on any atom is 0.337 e. The minimum absolute atomic E-state index is 0.138. The highest BCUT2D eigenvalue weighted by atomic mass is 19.1. The number of carboxylic acids is 1. The molecule has 4 rings (SSSR count). The molecular weight excluding hydrogens is 609 g/mol. The molecule has 2 heterocycles. The molecule has 3 aromatic rings. The van der Waals surface area contributed by atoms with Gasteiger partial charge in [0.25, 0.3) is 5.91 Å². The minimum Gasteiger partial charge on any atom is -0.493 e. The number of ether oxygens (including phenoxy) is 2. The molecule has 1 aliphatic heterocycles. The summed E-state index contributed by atoms with van der Waals surface area (Å²) >= 11 is 0. The first kappa shape index (κ1) is 36.8. The lowest BCUT2D eigenvalue weighted by molar-refractivity contribution is -0.160. The van der Waals surface area contributed by atoms with Crippen molar-refractivity contribution >= 4 is 17.6 Å². The number of halogens is 1. The lowest BCUT2D eigenvalue weighted by Crippen LogP contribution is -2.40. The summed E-state index contributed by atoms with van der Waals surface area (Å²) in [6, 6.07) is 13.9. The molecule has 0 bridgehead atoms. The maximum atomic E-state index is 14.2. The van der Waals surface area contributed by atoms with Gasteiger partial charge in [0.15, 0.2) is 6.10 Å². The highest BCUT2D eigenvalue weighted by Crippen LogP contribution is 2.45. The number of carboxylic acid groups (broad SMARTS) is 1. The number of anilines is 1. The van der Waals surface area contributed by atoms with Gasteiger partial charge in [-0.25, -0.2) is 14.2 Å². The predicted octanol–water partition coefficient (Wildman–Crippen LogP) is 8.26. The van der Waals surface area contributed by atoms with Crippen LogP contribution in [0.25, 0.3) is 11.1 Å². The largest absolute Gasteiger partial charge is 0.493 e. The van der Waals surface area contributed by atoms with Crippen LogP contribution < -0.4 is 9.64 Å². The number of amides is 1. The van der Waals surface area contributed by atoms with Gasteiger partial charge in [-0.15, -0.1) is 0 Å². The molecule has 1 aromatic heterocycles. The molecule has 0 aliphatic carbocycles. The van der Waals surface area contributed by atoms with Crippen LogP contribution in [0.1, 0.15) is 101 Å². The number of carbonyl (C=O) groups excluding carboxylic acids is 1. The molecule has 1 atom stereocenters. The summed E-state index contributed by atoms with van der Waals surface area (Å²) in [5.74, 6) is -0.945. The number of nitrogens with zero attached hydrogens (tertiary/aromatic N) is 3. The van der Waals surface area contributed by atoms with Crippen LogP contribution in [-0.4, -0.2) is 65.8 Å². The monoisotopic (exact) mass is 661 g/mol. The van der Waals surface area contributed by atoms with Gasteiger partial charge in [-0.05, 0) is 87.8 Å². The Morgan fingerprint density at radius 1 is 1.06 bits per heavy atom. The van der Waals surface area contributed by atoms with Gasteiger partial charge in [-0.1, -0.05) is 51.5 Å². The maximum absolute atomic E-state index is 14.2. The van der Waals surface area contributed by atoms with Crippen LogP contribution in [0.2, 0.25) is 0 Å². The predicted molar refractivity (Wildman–Crippen MR) is 188 cm³/mol. The Labute approximate surface area is 285 Å². The normalized spacial score (nSPS) is 15.2. The standard InChI is InChI=1S/C39H52FN3O5/c1-9-10-22-42(8)36(44)33-32(28-13-17-30(18-14-28)47-25-19-27-11-15-29(40)16-12-27)34(43-23-20-39(6,7)21-24-43)31(26(2)41-33)35(37(45)46)48-38(3,4)5/h11-18,35H,9-10,19-25H2,1-8H3,(H,45,46). The van der Waals surface area contributed by atoms with Crippen molar-refractivity contribution in [2.75, 3.05) is 38.2 Å². The van der Waals surface area contributed by atoms with E-state index in [1.807, 2.05) is 45.0 Å². The van der Waals surface area contributed by atoms with E-state index in [1.165, 1.54) is 12.1 Å². The van der Waals surface area contributed by atoms with Crippen molar-refractivity contribution < 1.29 is 28.6 Å². The smallest absolute Gasteiger partial charge is 0.337 e. The molecule has 1 amide bonds. The Morgan fingerprint density at radius 2 is 1.69 bits per heavy atom. The zero-order valence-corrected chi connectivity index (χ0v) is 29.9. The second-order valence-corrected chi connectivity index (χ2v) is 14.6. The van der Waals surface area contributed by atoms with Crippen LogP contribution in [0.4, 0.5) is 10.1 Å². The van der Waals surface area contributed by atoms with E-state index < -0.39 is 17.7 Å². The second-order valence-electron chi connectivity index (χ2n) is 14.6. The van der Waals surface area contributed by atoms with Crippen molar-refractivity contribution in [2.45, 2.75) is 92.3 Å². The number of benzene rings is 2. The molecule has 1 aliphatic rings. The van der Waals surface area contributed by atoms with Crippen molar-refractivity contribution in [3.05, 3.63) is 76.9 Å². The summed E-state index contributed by atoms with van der Waals surface area (Å²) in [6.45, 7) is 16.3. The van der Waals surface area contributed by atoms with Crippen LogP contribution in [0.15, 0.2) is 48.5 Å². The summed E-state index contributed by atoms with van der Waals surface area (Å²) in [4.78, 5) is 35.9. The van der Waals surface area contributed by atoms with Gasteiger partial charge < -0.3 is 24.4 Å². The summed E-state index contributed by atoms with van der Waals surface area (Å²) in [6.07, 6.45) is 2.94.